The summed E-state index contributed by atoms with van der Waals surface area (Å²) in [6.45, 7) is 3.71. The van der Waals surface area contributed by atoms with Crippen LogP contribution in [0.2, 0.25) is 0 Å². The zero-order chi connectivity index (χ0) is 17.7. The molecule has 1 aromatic carbocycles. The van der Waals surface area contributed by atoms with Gasteiger partial charge in [0.2, 0.25) is 5.78 Å². The molecule has 0 spiro atoms. The third-order valence-corrected chi connectivity index (χ3v) is 3.36. The lowest BCUT2D eigenvalue weighted by molar-refractivity contribution is -0.136. The summed E-state index contributed by atoms with van der Waals surface area (Å²) < 4.78 is 2.18. The zero-order valence-corrected chi connectivity index (χ0v) is 14.5. The Morgan fingerprint density at radius 1 is 1.21 bits per heavy atom. The molecule has 124 valence electrons. The highest BCUT2D eigenvalue weighted by Gasteiger charge is 2.15. The van der Waals surface area contributed by atoms with E-state index >= 15 is 0 Å². The molecule has 0 saturated heterocycles. The van der Waals surface area contributed by atoms with E-state index in [4.69, 9.17) is 0 Å². The highest BCUT2D eigenvalue weighted by atomic mass is 79.9. The minimum atomic E-state index is -0.799. The Kier molecular flexibility index (Phi) is 5.64. The summed E-state index contributed by atoms with van der Waals surface area (Å²) >= 11 is 3.08. The monoisotopic (exact) mass is 390 g/mol. The number of aryl methyl sites for hydroxylation is 1. The molecule has 0 aliphatic rings. The molecule has 0 fully saturated rings. The first-order chi connectivity index (χ1) is 11.4. The van der Waals surface area contributed by atoms with Crippen LogP contribution in [0.3, 0.4) is 0 Å². The molecule has 8 heteroatoms. The minimum absolute atomic E-state index is 0.156. The lowest BCUT2D eigenvalue weighted by Gasteiger charge is -2.07. The van der Waals surface area contributed by atoms with Gasteiger partial charge in [-0.05, 0) is 24.3 Å². The van der Waals surface area contributed by atoms with Gasteiger partial charge in [0, 0.05) is 41.7 Å². The summed E-state index contributed by atoms with van der Waals surface area (Å²) in [6.07, 6.45) is 3.23. The van der Waals surface area contributed by atoms with Crippen LogP contribution in [0.1, 0.15) is 16.2 Å². The number of nitrogens with one attached hydrogen (secondary N) is 2. The molecule has 2 amide bonds. The lowest BCUT2D eigenvalue weighted by Crippen LogP contribution is -2.35. The lowest BCUT2D eigenvalue weighted by atomic mass is 10.1. The molecule has 0 atom stereocenters. The predicted molar refractivity (Wildman–Crippen MR) is 92.8 cm³/mol. The van der Waals surface area contributed by atoms with Crippen molar-refractivity contribution in [3.05, 3.63) is 59.1 Å². The zero-order valence-electron chi connectivity index (χ0n) is 12.9. The second-order valence-corrected chi connectivity index (χ2v) is 6.04. The summed E-state index contributed by atoms with van der Waals surface area (Å²) in [6, 6.07) is 6.21. The van der Waals surface area contributed by atoms with E-state index in [9.17, 15) is 14.4 Å². The van der Waals surface area contributed by atoms with Crippen molar-refractivity contribution in [1.82, 2.24) is 14.9 Å². The molecule has 1 aromatic heterocycles. The van der Waals surface area contributed by atoms with Crippen molar-refractivity contribution >= 4 is 39.2 Å². The molecule has 2 aromatic rings. The number of carbonyl (C=O) groups excluding carboxylic acids is 3. The van der Waals surface area contributed by atoms with Gasteiger partial charge in [0.1, 0.15) is 0 Å². The smallest absolute Gasteiger partial charge is 0.313 e. The number of imidazole rings is 1. The average molecular weight is 391 g/mol. The van der Waals surface area contributed by atoms with Gasteiger partial charge in [-0.1, -0.05) is 22.5 Å². The topological polar surface area (TPSA) is 93.1 Å². The molecule has 2 N–H and O–H groups in total. The Labute approximate surface area is 146 Å². The normalized spacial score (nSPS) is 10.1. The fourth-order valence-corrected chi connectivity index (χ4v) is 2.00. The number of halogens is 1. The number of amides is 2. The van der Waals surface area contributed by atoms with Gasteiger partial charge in [0.25, 0.3) is 0 Å². The molecule has 24 heavy (non-hydrogen) atoms. The van der Waals surface area contributed by atoms with Gasteiger partial charge in [0.05, 0.1) is 0 Å². The SMILES string of the molecule is C=C(Br)CNC(=O)C(=O)Nc1ccc(C(=O)c2nccn2C)cc1. The van der Waals surface area contributed by atoms with Crippen LogP contribution in [0.15, 0.2) is 47.7 Å². The standard InChI is InChI=1S/C16H15BrN4O3/c1-10(17)9-19-15(23)16(24)20-12-5-3-11(4-6-12)13(22)14-18-7-8-21(14)2/h3-8H,1,9H2,2H3,(H,19,23)(H,20,24). The quantitative estimate of drug-likeness (QED) is 0.599. The number of hydrogen-bond acceptors (Lipinski definition) is 4. The summed E-state index contributed by atoms with van der Waals surface area (Å²) in [5, 5.41) is 4.84. The van der Waals surface area contributed by atoms with Crippen LogP contribution < -0.4 is 10.6 Å². The molecule has 1 heterocycles. The van der Waals surface area contributed by atoms with E-state index in [0.717, 1.165) is 0 Å². The molecule has 0 unspecified atom stereocenters. The van der Waals surface area contributed by atoms with E-state index in [1.54, 1.807) is 48.3 Å². The minimum Gasteiger partial charge on any atom is -0.343 e. The third-order valence-electron chi connectivity index (χ3n) is 3.08. The molecular weight excluding hydrogens is 376 g/mol. The van der Waals surface area contributed by atoms with Crippen LogP contribution in [-0.4, -0.2) is 33.7 Å². The molecular formula is C16H15BrN4O3. The van der Waals surface area contributed by atoms with E-state index in [1.807, 2.05) is 0 Å². The van der Waals surface area contributed by atoms with Gasteiger partial charge in [-0.25, -0.2) is 4.98 Å². The Hall–Kier alpha value is -2.74. The van der Waals surface area contributed by atoms with E-state index in [1.165, 1.54) is 0 Å². The number of anilines is 1. The van der Waals surface area contributed by atoms with Crippen LogP contribution in [0, 0.1) is 0 Å². The number of aromatic nitrogens is 2. The Bertz CT molecular complexity index is 796. The predicted octanol–water partition coefficient (Wildman–Crippen LogP) is 1.61. The fraction of sp³-hybridized carbons (Fsp3) is 0.125. The van der Waals surface area contributed by atoms with Gasteiger partial charge < -0.3 is 15.2 Å². The van der Waals surface area contributed by atoms with Crippen LogP contribution in [0.25, 0.3) is 0 Å². The van der Waals surface area contributed by atoms with Crippen molar-refractivity contribution in [1.29, 1.82) is 0 Å². The first kappa shape index (κ1) is 17.6. The van der Waals surface area contributed by atoms with Gasteiger partial charge in [0.15, 0.2) is 5.82 Å². The molecule has 7 nitrogen and oxygen atoms in total. The maximum absolute atomic E-state index is 12.3. The van der Waals surface area contributed by atoms with Crippen molar-refractivity contribution in [3.8, 4) is 0 Å². The van der Waals surface area contributed by atoms with Crippen LogP contribution in [0.5, 0.6) is 0 Å². The fourth-order valence-electron chi connectivity index (χ4n) is 1.86. The van der Waals surface area contributed by atoms with E-state index in [0.29, 0.717) is 21.6 Å². The Balaban J connectivity index is 2.01. The first-order valence-electron chi connectivity index (χ1n) is 6.93. The van der Waals surface area contributed by atoms with Gasteiger partial charge in [-0.15, -0.1) is 0 Å². The summed E-state index contributed by atoms with van der Waals surface area (Å²) in [5.74, 6) is -1.48. The van der Waals surface area contributed by atoms with E-state index < -0.39 is 11.8 Å². The van der Waals surface area contributed by atoms with Crippen molar-refractivity contribution in [3.63, 3.8) is 0 Å². The molecule has 0 saturated carbocycles. The highest BCUT2D eigenvalue weighted by molar-refractivity contribution is 9.11. The van der Waals surface area contributed by atoms with E-state index in [2.05, 4.69) is 38.1 Å². The van der Waals surface area contributed by atoms with Crippen molar-refractivity contribution in [2.45, 2.75) is 0 Å². The summed E-state index contributed by atoms with van der Waals surface area (Å²) in [5.41, 5.74) is 0.839. The third kappa shape index (κ3) is 4.39. The molecule has 0 aliphatic heterocycles. The number of nitrogens with zero attached hydrogens (tertiary/aromatic N) is 2. The number of benzene rings is 1. The maximum Gasteiger partial charge on any atom is 0.313 e. The summed E-state index contributed by atoms with van der Waals surface area (Å²) in [4.78, 5) is 39.6. The van der Waals surface area contributed by atoms with Crippen molar-refractivity contribution in [2.24, 2.45) is 7.05 Å². The molecule has 0 bridgehead atoms. The van der Waals surface area contributed by atoms with Crippen LogP contribution in [-0.2, 0) is 16.6 Å². The van der Waals surface area contributed by atoms with Crippen molar-refractivity contribution < 1.29 is 14.4 Å². The van der Waals surface area contributed by atoms with Crippen LogP contribution in [0.4, 0.5) is 5.69 Å². The second kappa shape index (κ2) is 7.69. The molecule has 0 radical (unpaired) electrons. The maximum atomic E-state index is 12.3. The van der Waals surface area contributed by atoms with Crippen molar-refractivity contribution in [2.75, 3.05) is 11.9 Å². The average Bonchev–Trinajstić information content (AvgIpc) is 2.98. The number of ketones is 1. The highest BCUT2D eigenvalue weighted by Crippen LogP contribution is 2.13. The van der Waals surface area contributed by atoms with Crippen LogP contribution >= 0.6 is 15.9 Å². The Morgan fingerprint density at radius 2 is 1.88 bits per heavy atom. The number of rotatable bonds is 5. The number of hydrogen-bond donors (Lipinski definition) is 2. The Morgan fingerprint density at radius 3 is 2.42 bits per heavy atom. The van der Waals surface area contributed by atoms with Gasteiger partial charge in [-0.3, -0.25) is 14.4 Å². The number of carbonyl (C=O) groups is 3. The van der Waals surface area contributed by atoms with Gasteiger partial charge >= 0.3 is 11.8 Å². The summed E-state index contributed by atoms with van der Waals surface area (Å²) in [7, 11) is 1.73. The van der Waals surface area contributed by atoms with Gasteiger partial charge in [-0.2, -0.15) is 0 Å². The largest absolute Gasteiger partial charge is 0.343 e. The molecule has 0 aliphatic carbocycles. The first-order valence-corrected chi connectivity index (χ1v) is 7.72. The van der Waals surface area contributed by atoms with E-state index in [-0.39, 0.29) is 12.3 Å². The second-order valence-electron chi connectivity index (χ2n) is 4.92. The molecule has 2 rings (SSSR count).